The summed E-state index contributed by atoms with van der Waals surface area (Å²) in [5.41, 5.74) is 1.50. The molecule has 116 valence electrons. The van der Waals surface area contributed by atoms with Gasteiger partial charge in [0.25, 0.3) is 0 Å². The zero-order chi connectivity index (χ0) is 15.5. The fraction of sp³-hybridized carbons (Fsp3) is 0.312. The molecule has 4 nitrogen and oxygen atoms in total. The quantitative estimate of drug-likeness (QED) is 0.849. The molecule has 1 unspecified atom stereocenters. The van der Waals surface area contributed by atoms with Gasteiger partial charge in [-0.25, -0.2) is 4.39 Å². The Bertz CT molecular complexity index is 674. The Labute approximate surface area is 132 Å². The Morgan fingerprint density at radius 1 is 1.36 bits per heavy atom. The highest BCUT2D eigenvalue weighted by atomic mass is 32.2. The zero-order valence-corrected chi connectivity index (χ0v) is 13.1. The third-order valence-corrected chi connectivity index (χ3v) is 4.89. The standard InChI is InChI=1S/C16H17FN2O2S/c1-21-9-8-19-15(20)11-22-16(19)12-6-7-18(10-12)14-5-3-2-4-13(14)17/h2-7,10,16H,8-9,11H2,1H3. The largest absolute Gasteiger partial charge is 0.383 e. The molecule has 0 saturated carbocycles. The maximum Gasteiger partial charge on any atom is 0.233 e. The first-order chi connectivity index (χ1) is 10.7. The van der Waals surface area contributed by atoms with Crippen LogP contribution in [0.5, 0.6) is 0 Å². The number of halogens is 1. The van der Waals surface area contributed by atoms with Gasteiger partial charge in [0.2, 0.25) is 5.91 Å². The molecule has 1 atom stereocenters. The van der Waals surface area contributed by atoms with E-state index < -0.39 is 0 Å². The van der Waals surface area contributed by atoms with Crippen molar-refractivity contribution < 1.29 is 13.9 Å². The minimum absolute atomic E-state index is 0.0318. The number of nitrogens with zero attached hydrogens (tertiary/aromatic N) is 2. The third kappa shape index (κ3) is 2.89. The SMILES string of the molecule is COCCN1C(=O)CSC1c1ccn(-c2ccccc2F)c1. The van der Waals surface area contributed by atoms with Gasteiger partial charge in [0.1, 0.15) is 11.2 Å². The summed E-state index contributed by atoms with van der Waals surface area (Å²) in [7, 11) is 1.62. The van der Waals surface area contributed by atoms with Gasteiger partial charge < -0.3 is 14.2 Å². The number of rotatable bonds is 5. The van der Waals surface area contributed by atoms with E-state index in [1.807, 2.05) is 23.4 Å². The molecule has 0 spiro atoms. The lowest BCUT2D eigenvalue weighted by Gasteiger charge is -2.22. The van der Waals surface area contributed by atoms with Crippen LogP contribution in [-0.2, 0) is 9.53 Å². The van der Waals surface area contributed by atoms with Crippen molar-refractivity contribution in [3.63, 3.8) is 0 Å². The number of amides is 1. The van der Waals surface area contributed by atoms with Crippen LogP contribution >= 0.6 is 11.8 Å². The van der Waals surface area contributed by atoms with Gasteiger partial charge in [-0.2, -0.15) is 0 Å². The second kappa shape index (κ2) is 6.54. The molecule has 2 aromatic rings. The highest BCUT2D eigenvalue weighted by molar-refractivity contribution is 8.00. The van der Waals surface area contributed by atoms with E-state index in [1.165, 1.54) is 6.07 Å². The van der Waals surface area contributed by atoms with Crippen LogP contribution in [0.1, 0.15) is 10.9 Å². The van der Waals surface area contributed by atoms with Crippen LogP contribution in [0.2, 0.25) is 0 Å². The molecule has 1 fully saturated rings. The molecule has 0 radical (unpaired) electrons. The monoisotopic (exact) mass is 320 g/mol. The first-order valence-electron chi connectivity index (χ1n) is 7.03. The Hall–Kier alpha value is -1.79. The van der Waals surface area contributed by atoms with Crippen LogP contribution in [-0.4, -0.2) is 41.4 Å². The number of hydrogen-bond acceptors (Lipinski definition) is 3. The molecule has 2 heterocycles. The lowest BCUT2D eigenvalue weighted by molar-refractivity contribution is -0.128. The fourth-order valence-electron chi connectivity index (χ4n) is 2.53. The van der Waals surface area contributed by atoms with Crippen molar-refractivity contribution in [3.05, 3.63) is 54.1 Å². The van der Waals surface area contributed by atoms with Crippen LogP contribution in [0.25, 0.3) is 5.69 Å². The van der Waals surface area contributed by atoms with Crippen LogP contribution in [0, 0.1) is 5.82 Å². The van der Waals surface area contributed by atoms with Crippen LogP contribution < -0.4 is 0 Å². The average molecular weight is 320 g/mol. The van der Waals surface area contributed by atoms with Crippen molar-refractivity contribution in [3.8, 4) is 5.69 Å². The molecule has 6 heteroatoms. The molecule has 22 heavy (non-hydrogen) atoms. The molecule has 1 amide bonds. The first kappa shape index (κ1) is 15.1. The van der Waals surface area contributed by atoms with Gasteiger partial charge >= 0.3 is 0 Å². The summed E-state index contributed by atoms with van der Waals surface area (Å²) in [5, 5.41) is -0.0318. The predicted octanol–water partition coefficient (Wildman–Crippen LogP) is 2.84. The molecular weight excluding hydrogens is 303 g/mol. The second-order valence-electron chi connectivity index (χ2n) is 5.05. The molecule has 0 N–H and O–H groups in total. The number of thioether (sulfide) groups is 1. The van der Waals surface area contributed by atoms with Crippen molar-refractivity contribution in [1.82, 2.24) is 9.47 Å². The Morgan fingerprint density at radius 3 is 2.95 bits per heavy atom. The summed E-state index contributed by atoms with van der Waals surface area (Å²) in [6, 6.07) is 8.57. The average Bonchev–Trinajstić information content (AvgIpc) is 3.12. The molecule has 0 aliphatic carbocycles. The smallest absolute Gasteiger partial charge is 0.233 e. The lowest BCUT2D eigenvalue weighted by Crippen LogP contribution is -2.31. The topological polar surface area (TPSA) is 34.5 Å². The molecule has 1 aromatic heterocycles. The van der Waals surface area contributed by atoms with E-state index in [4.69, 9.17) is 4.74 Å². The van der Waals surface area contributed by atoms with E-state index in [-0.39, 0.29) is 17.1 Å². The predicted molar refractivity (Wildman–Crippen MR) is 84.5 cm³/mol. The zero-order valence-electron chi connectivity index (χ0n) is 12.2. The third-order valence-electron chi connectivity index (χ3n) is 3.64. The number of benzene rings is 1. The highest BCUT2D eigenvalue weighted by Gasteiger charge is 2.32. The van der Waals surface area contributed by atoms with Crippen LogP contribution in [0.15, 0.2) is 42.7 Å². The van der Waals surface area contributed by atoms with Gasteiger partial charge in [-0.05, 0) is 18.2 Å². The number of hydrogen-bond donors (Lipinski definition) is 0. The molecule has 1 saturated heterocycles. The number of para-hydroxylation sites is 1. The van der Waals surface area contributed by atoms with Crippen molar-refractivity contribution >= 4 is 17.7 Å². The Balaban J connectivity index is 1.84. The van der Waals surface area contributed by atoms with E-state index in [0.29, 0.717) is 24.6 Å². The van der Waals surface area contributed by atoms with E-state index in [2.05, 4.69) is 0 Å². The second-order valence-corrected chi connectivity index (χ2v) is 6.12. The summed E-state index contributed by atoms with van der Waals surface area (Å²) in [5.74, 6) is 0.320. The number of ether oxygens (including phenoxy) is 1. The van der Waals surface area contributed by atoms with Crippen LogP contribution in [0.4, 0.5) is 4.39 Å². The number of carbonyl (C=O) groups is 1. The first-order valence-corrected chi connectivity index (χ1v) is 8.08. The Kier molecular flexibility index (Phi) is 4.49. The molecule has 0 bridgehead atoms. The maximum atomic E-state index is 13.9. The summed E-state index contributed by atoms with van der Waals surface area (Å²) >= 11 is 1.59. The number of carbonyl (C=O) groups excluding carboxylic acids is 1. The van der Waals surface area contributed by atoms with Crippen molar-refractivity contribution in [2.24, 2.45) is 0 Å². The van der Waals surface area contributed by atoms with Crippen molar-refractivity contribution in [2.75, 3.05) is 26.0 Å². The van der Waals surface area contributed by atoms with Gasteiger partial charge in [0, 0.05) is 31.6 Å². The van der Waals surface area contributed by atoms with E-state index in [0.717, 1.165) is 5.56 Å². The minimum Gasteiger partial charge on any atom is -0.383 e. The maximum absolute atomic E-state index is 13.9. The number of methoxy groups -OCH3 is 1. The molecule has 1 aromatic carbocycles. The fourth-order valence-corrected chi connectivity index (χ4v) is 3.73. The molecule has 1 aliphatic rings. The van der Waals surface area contributed by atoms with Gasteiger partial charge in [-0.3, -0.25) is 4.79 Å². The molecule has 1 aliphatic heterocycles. The Morgan fingerprint density at radius 2 is 2.18 bits per heavy atom. The van der Waals surface area contributed by atoms with Gasteiger partial charge in [0.05, 0.1) is 18.0 Å². The lowest BCUT2D eigenvalue weighted by atomic mass is 10.3. The van der Waals surface area contributed by atoms with Gasteiger partial charge in [0.15, 0.2) is 0 Å². The van der Waals surface area contributed by atoms with Crippen LogP contribution in [0.3, 0.4) is 0 Å². The summed E-state index contributed by atoms with van der Waals surface area (Å²) in [6.45, 7) is 1.08. The van der Waals surface area contributed by atoms with Crippen molar-refractivity contribution in [2.45, 2.75) is 5.37 Å². The minimum atomic E-state index is -0.268. The van der Waals surface area contributed by atoms with Crippen molar-refractivity contribution in [1.29, 1.82) is 0 Å². The van der Waals surface area contributed by atoms with E-state index in [1.54, 1.807) is 41.6 Å². The summed E-state index contributed by atoms with van der Waals surface area (Å²) in [6.07, 6.45) is 3.71. The van der Waals surface area contributed by atoms with Gasteiger partial charge in [-0.15, -0.1) is 11.8 Å². The normalized spacial score (nSPS) is 18.2. The molecular formula is C16H17FN2O2S. The van der Waals surface area contributed by atoms with E-state index in [9.17, 15) is 9.18 Å². The van der Waals surface area contributed by atoms with Gasteiger partial charge in [-0.1, -0.05) is 12.1 Å². The summed E-state index contributed by atoms with van der Waals surface area (Å²) < 4.78 is 20.7. The number of aromatic nitrogens is 1. The highest BCUT2D eigenvalue weighted by Crippen LogP contribution is 2.38. The summed E-state index contributed by atoms with van der Waals surface area (Å²) in [4.78, 5) is 13.8. The van der Waals surface area contributed by atoms with E-state index >= 15 is 0 Å². The molecule has 3 rings (SSSR count).